The van der Waals surface area contributed by atoms with E-state index >= 15 is 0 Å². The van der Waals surface area contributed by atoms with E-state index in [1.807, 2.05) is 13.8 Å². The highest BCUT2D eigenvalue weighted by molar-refractivity contribution is 4.80. The van der Waals surface area contributed by atoms with E-state index in [4.69, 9.17) is 10.8 Å². The maximum atomic E-state index is 8.91. The minimum absolute atomic E-state index is 0.206. The Kier molecular flexibility index (Phi) is 3.91. The number of hydrogen-bond donors (Lipinski definition) is 2. The van der Waals surface area contributed by atoms with Gasteiger partial charge in [-0.25, -0.2) is 0 Å². The van der Waals surface area contributed by atoms with Gasteiger partial charge in [0.2, 0.25) is 0 Å². The average molecular weight is 145 g/mol. The first-order valence-electron chi connectivity index (χ1n) is 3.92. The van der Waals surface area contributed by atoms with E-state index in [0.29, 0.717) is 0 Å². The molecular weight excluding hydrogens is 126 g/mol. The Balaban J connectivity index is 3.81. The zero-order valence-corrected chi connectivity index (χ0v) is 7.22. The Labute approximate surface area is 63.4 Å². The number of rotatable bonds is 4. The van der Waals surface area contributed by atoms with Gasteiger partial charge >= 0.3 is 0 Å². The summed E-state index contributed by atoms with van der Waals surface area (Å²) in [7, 11) is 0. The van der Waals surface area contributed by atoms with E-state index < -0.39 is 0 Å². The van der Waals surface area contributed by atoms with Crippen molar-refractivity contribution >= 4 is 0 Å². The van der Waals surface area contributed by atoms with Crippen LogP contribution in [0.1, 0.15) is 33.6 Å². The molecule has 0 aromatic rings. The predicted molar refractivity (Wildman–Crippen MR) is 43.8 cm³/mol. The summed E-state index contributed by atoms with van der Waals surface area (Å²) in [6.45, 7) is 6.23. The second-order valence-electron chi connectivity index (χ2n) is 3.49. The van der Waals surface area contributed by atoms with Gasteiger partial charge in [-0.2, -0.15) is 0 Å². The van der Waals surface area contributed by atoms with E-state index in [1.165, 1.54) is 0 Å². The van der Waals surface area contributed by atoms with Crippen LogP contribution in [-0.2, 0) is 0 Å². The zero-order valence-electron chi connectivity index (χ0n) is 7.22. The molecule has 2 heteroatoms. The summed E-state index contributed by atoms with van der Waals surface area (Å²) in [6.07, 6.45) is 2.10. The van der Waals surface area contributed by atoms with Gasteiger partial charge in [0.1, 0.15) is 0 Å². The quantitative estimate of drug-likeness (QED) is 0.623. The highest BCUT2D eigenvalue weighted by atomic mass is 16.3. The SMILES string of the molecule is CCCC(CO)C(C)(C)N. The molecule has 2 nitrogen and oxygen atoms in total. The van der Waals surface area contributed by atoms with Crippen LogP contribution in [0.2, 0.25) is 0 Å². The fourth-order valence-electron chi connectivity index (χ4n) is 1.05. The molecule has 0 aliphatic carbocycles. The molecule has 0 rings (SSSR count). The Morgan fingerprint density at radius 3 is 2.10 bits per heavy atom. The lowest BCUT2D eigenvalue weighted by Gasteiger charge is -2.28. The van der Waals surface area contributed by atoms with Crippen LogP contribution in [-0.4, -0.2) is 17.3 Å². The Hall–Kier alpha value is -0.0800. The van der Waals surface area contributed by atoms with Crippen LogP contribution < -0.4 is 5.73 Å². The van der Waals surface area contributed by atoms with Crippen molar-refractivity contribution in [2.24, 2.45) is 11.7 Å². The third kappa shape index (κ3) is 3.18. The monoisotopic (exact) mass is 145 g/mol. The minimum atomic E-state index is -0.231. The molecule has 0 amide bonds. The Bertz CT molecular complexity index is 85.7. The van der Waals surface area contributed by atoms with E-state index in [2.05, 4.69) is 6.92 Å². The zero-order chi connectivity index (χ0) is 8.20. The molecule has 1 unspecified atom stereocenters. The smallest absolute Gasteiger partial charge is 0.0476 e. The van der Waals surface area contributed by atoms with Crippen molar-refractivity contribution < 1.29 is 5.11 Å². The van der Waals surface area contributed by atoms with Crippen LogP contribution in [0.15, 0.2) is 0 Å². The molecular formula is C8H19NO. The first kappa shape index (κ1) is 9.92. The molecule has 1 atom stereocenters. The first-order valence-corrected chi connectivity index (χ1v) is 3.92. The molecule has 0 saturated heterocycles. The summed E-state index contributed by atoms with van der Waals surface area (Å²) in [5.41, 5.74) is 5.58. The standard InChI is InChI=1S/C8H19NO/c1-4-5-7(6-10)8(2,3)9/h7,10H,4-6,9H2,1-3H3. The molecule has 10 heavy (non-hydrogen) atoms. The van der Waals surface area contributed by atoms with Gasteiger partial charge in [0.25, 0.3) is 0 Å². The molecule has 0 radical (unpaired) electrons. The van der Waals surface area contributed by atoms with Gasteiger partial charge < -0.3 is 10.8 Å². The number of nitrogens with two attached hydrogens (primary N) is 1. The van der Waals surface area contributed by atoms with Gasteiger partial charge in [-0.3, -0.25) is 0 Å². The van der Waals surface area contributed by atoms with Crippen molar-refractivity contribution in [1.29, 1.82) is 0 Å². The van der Waals surface area contributed by atoms with E-state index in [-0.39, 0.29) is 18.1 Å². The summed E-state index contributed by atoms with van der Waals surface area (Å²) in [6, 6.07) is 0. The summed E-state index contributed by atoms with van der Waals surface area (Å²) in [5, 5.41) is 8.91. The molecule has 0 aliphatic rings. The largest absolute Gasteiger partial charge is 0.396 e. The normalized spacial score (nSPS) is 15.3. The second kappa shape index (κ2) is 3.94. The van der Waals surface area contributed by atoms with Crippen LogP contribution >= 0.6 is 0 Å². The topological polar surface area (TPSA) is 46.2 Å². The second-order valence-corrected chi connectivity index (χ2v) is 3.49. The van der Waals surface area contributed by atoms with Crippen molar-refractivity contribution in [2.75, 3.05) is 6.61 Å². The van der Waals surface area contributed by atoms with Crippen LogP contribution in [0.5, 0.6) is 0 Å². The predicted octanol–water partition coefficient (Wildman–Crippen LogP) is 1.13. The minimum Gasteiger partial charge on any atom is -0.396 e. The van der Waals surface area contributed by atoms with E-state index in [9.17, 15) is 0 Å². The average Bonchev–Trinajstić information content (AvgIpc) is 1.80. The molecule has 0 aromatic carbocycles. The van der Waals surface area contributed by atoms with Crippen molar-refractivity contribution in [3.63, 3.8) is 0 Å². The van der Waals surface area contributed by atoms with Crippen molar-refractivity contribution in [3.8, 4) is 0 Å². The van der Waals surface area contributed by atoms with Crippen molar-refractivity contribution in [1.82, 2.24) is 0 Å². The van der Waals surface area contributed by atoms with Crippen molar-refractivity contribution in [2.45, 2.75) is 39.2 Å². The number of aliphatic hydroxyl groups is 1. The molecule has 0 saturated carbocycles. The fraction of sp³-hybridized carbons (Fsp3) is 1.00. The molecule has 0 bridgehead atoms. The van der Waals surface area contributed by atoms with Gasteiger partial charge in [-0.05, 0) is 26.2 Å². The van der Waals surface area contributed by atoms with Gasteiger partial charge in [-0.1, -0.05) is 13.3 Å². The highest BCUT2D eigenvalue weighted by Crippen LogP contribution is 2.17. The van der Waals surface area contributed by atoms with Gasteiger partial charge in [0.05, 0.1) is 0 Å². The maximum absolute atomic E-state index is 8.91. The van der Waals surface area contributed by atoms with Gasteiger partial charge in [0.15, 0.2) is 0 Å². The molecule has 0 aliphatic heterocycles. The maximum Gasteiger partial charge on any atom is 0.0476 e. The van der Waals surface area contributed by atoms with Crippen LogP contribution in [0.25, 0.3) is 0 Å². The lowest BCUT2D eigenvalue weighted by Crippen LogP contribution is -2.42. The molecule has 62 valence electrons. The van der Waals surface area contributed by atoms with Gasteiger partial charge in [-0.15, -0.1) is 0 Å². The highest BCUT2D eigenvalue weighted by Gasteiger charge is 2.22. The van der Waals surface area contributed by atoms with E-state index in [0.717, 1.165) is 12.8 Å². The number of aliphatic hydroxyl groups excluding tert-OH is 1. The van der Waals surface area contributed by atoms with Crippen molar-refractivity contribution in [3.05, 3.63) is 0 Å². The Morgan fingerprint density at radius 1 is 1.50 bits per heavy atom. The van der Waals surface area contributed by atoms with Crippen LogP contribution in [0.3, 0.4) is 0 Å². The summed E-state index contributed by atoms with van der Waals surface area (Å²) < 4.78 is 0. The van der Waals surface area contributed by atoms with Crippen LogP contribution in [0, 0.1) is 5.92 Å². The first-order chi connectivity index (χ1) is 4.52. The lowest BCUT2D eigenvalue weighted by molar-refractivity contribution is 0.161. The molecule has 3 N–H and O–H groups in total. The third-order valence-electron chi connectivity index (χ3n) is 1.91. The van der Waals surface area contributed by atoms with Gasteiger partial charge in [0, 0.05) is 12.1 Å². The molecule has 0 aromatic heterocycles. The summed E-state index contributed by atoms with van der Waals surface area (Å²) >= 11 is 0. The van der Waals surface area contributed by atoms with Crippen LogP contribution in [0.4, 0.5) is 0 Å². The number of hydrogen-bond acceptors (Lipinski definition) is 2. The molecule has 0 heterocycles. The molecule has 0 fully saturated rings. The molecule has 0 spiro atoms. The Morgan fingerprint density at radius 2 is 2.00 bits per heavy atom. The fourth-order valence-corrected chi connectivity index (χ4v) is 1.05. The lowest BCUT2D eigenvalue weighted by atomic mass is 9.86. The summed E-state index contributed by atoms with van der Waals surface area (Å²) in [4.78, 5) is 0. The van der Waals surface area contributed by atoms with E-state index in [1.54, 1.807) is 0 Å². The summed E-state index contributed by atoms with van der Waals surface area (Å²) in [5.74, 6) is 0.248. The third-order valence-corrected chi connectivity index (χ3v) is 1.91.